The zero-order chi connectivity index (χ0) is 14.7. The zero-order valence-electron chi connectivity index (χ0n) is 12.6. The van der Waals surface area contributed by atoms with Gasteiger partial charge in [-0.2, -0.15) is 0 Å². The molecule has 1 aromatic rings. The number of rotatable bonds is 4. The number of nitrogens with two attached hydrogens (primary N) is 1. The normalized spacial score (nSPS) is 19.9. The molecule has 1 aliphatic rings. The van der Waals surface area contributed by atoms with Crippen molar-refractivity contribution in [3.8, 4) is 0 Å². The minimum Gasteiger partial charge on any atom is -0.389 e. The number of anilines is 1. The standard InChI is InChI=1S/C15H24N4S/c1-10-7-11(2)18-15(13(10)14(16)20)17-8-12-5-4-6-19(3)9-12/h7,12H,4-6,8-9H2,1-3H3,(H2,16,20)(H,17,18). The van der Waals surface area contributed by atoms with E-state index in [0.29, 0.717) is 10.9 Å². The molecule has 1 aliphatic heterocycles. The minimum atomic E-state index is 0.415. The molecule has 1 unspecified atom stereocenters. The van der Waals surface area contributed by atoms with Crippen molar-refractivity contribution < 1.29 is 0 Å². The number of nitrogens with one attached hydrogen (secondary N) is 1. The third-order valence-corrected chi connectivity index (χ3v) is 4.08. The molecule has 0 spiro atoms. The van der Waals surface area contributed by atoms with Gasteiger partial charge in [0, 0.05) is 18.8 Å². The number of piperidine rings is 1. The van der Waals surface area contributed by atoms with Crippen molar-refractivity contribution in [3.63, 3.8) is 0 Å². The van der Waals surface area contributed by atoms with E-state index >= 15 is 0 Å². The van der Waals surface area contributed by atoms with Gasteiger partial charge in [0.05, 0.1) is 5.56 Å². The van der Waals surface area contributed by atoms with Gasteiger partial charge in [-0.25, -0.2) is 4.98 Å². The molecule has 5 heteroatoms. The minimum absolute atomic E-state index is 0.415. The second kappa shape index (κ2) is 6.50. The van der Waals surface area contributed by atoms with E-state index in [0.717, 1.165) is 35.7 Å². The lowest BCUT2D eigenvalue weighted by Gasteiger charge is -2.30. The first-order valence-electron chi connectivity index (χ1n) is 7.18. The van der Waals surface area contributed by atoms with Gasteiger partial charge in [0.1, 0.15) is 10.8 Å². The lowest BCUT2D eigenvalue weighted by molar-refractivity contribution is 0.217. The highest BCUT2D eigenvalue weighted by molar-refractivity contribution is 7.80. The van der Waals surface area contributed by atoms with Gasteiger partial charge in [-0.3, -0.25) is 0 Å². The van der Waals surface area contributed by atoms with E-state index in [1.165, 1.54) is 19.4 Å². The fourth-order valence-electron chi connectivity index (χ4n) is 2.96. The van der Waals surface area contributed by atoms with Gasteiger partial charge in [0.2, 0.25) is 0 Å². The Bertz CT molecular complexity index is 501. The van der Waals surface area contributed by atoms with Crippen LogP contribution >= 0.6 is 12.2 Å². The number of hydrogen-bond donors (Lipinski definition) is 2. The SMILES string of the molecule is Cc1cc(C)c(C(N)=S)c(NCC2CCCN(C)C2)n1. The summed E-state index contributed by atoms with van der Waals surface area (Å²) in [6, 6.07) is 2.02. The van der Waals surface area contributed by atoms with Crippen molar-refractivity contribution in [1.82, 2.24) is 9.88 Å². The molecule has 20 heavy (non-hydrogen) atoms. The quantitative estimate of drug-likeness (QED) is 0.832. The largest absolute Gasteiger partial charge is 0.389 e. The zero-order valence-corrected chi connectivity index (χ0v) is 13.4. The first kappa shape index (κ1) is 15.2. The summed E-state index contributed by atoms with van der Waals surface area (Å²) in [7, 11) is 2.18. The van der Waals surface area contributed by atoms with Crippen molar-refractivity contribution in [2.45, 2.75) is 26.7 Å². The van der Waals surface area contributed by atoms with Crippen LogP contribution in [0, 0.1) is 19.8 Å². The molecule has 1 fully saturated rings. The number of thiocarbonyl (C=S) groups is 1. The highest BCUT2D eigenvalue weighted by Crippen LogP contribution is 2.21. The van der Waals surface area contributed by atoms with E-state index in [2.05, 4.69) is 22.2 Å². The van der Waals surface area contributed by atoms with Gasteiger partial charge in [-0.05, 0) is 57.8 Å². The molecule has 1 saturated heterocycles. The summed E-state index contributed by atoms with van der Waals surface area (Å²) in [5.74, 6) is 1.50. The molecule has 110 valence electrons. The first-order valence-corrected chi connectivity index (χ1v) is 7.58. The van der Waals surface area contributed by atoms with E-state index in [4.69, 9.17) is 18.0 Å². The molecule has 0 bridgehead atoms. The maximum Gasteiger partial charge on any atom is 0.136 e. The average molecular weight is 292 g/mol. The fourth-order valence-corrected chi connectivity index (χ4v) is 3.21. The van der Waals surface area contributed by atoms with Crippen LogP contribution in [0.15, 0.2) is 6.07 Å². The van der Waals surface area contributed by atoms with Crippen molar-refractivity contribution in [3.05, 3.63) is 22.9 Å². The average Bonchev–Trinajstić information content (AvgIpc) is 2.35. The second-order valence-corrected chi connectivity index (χ2v) is 6.26. The molecule has 0 saturated carbocycles. The molecule has 0 radical (unpaired) electrons. The van der Waals surface area contributed by atoms with Crippen LogP contribution in [0.4, 0.5) is 5.82 Å². The van der Waals surface area contributed by atoms with Crippen LogP contribution in [0.3, 0.4) is 0 Å². The Morgan fingerprint density at radius 1 is 1.55 bits per heavy atom. The third-order valence-electron chi connectivity index (χ3n) is 3.87. The van der Waals surface area contributed by atoms with Crippen LogP contribution in [0.5, 0.6) is 0 Å². The van der Waals surface area contributed by atoms with Crippen LogP contribution in [0.2, 0.25) is 0 Å². The molecule has 0 aliphatic carbocycles. The predicted octanol–water partition coefficient (Wildman–Crippen LogP) is 2.09. The molecule has 1 aromatic heterocycles. The lowest BCUT2D eigenvalue weighted by Crippen LogP contribution is -2.35. The summed E-state index contributed by atoms with van der Waals surface area (Å²) < 4.78 is 0. The number of pyridine rings is 1. The molecule has 2 rings (SSSR count). The molecule has 1 atom stereocenters. The summed E-state index contributed by atoms with van der Waals surface area (Å²) >= 11 is 5.16. The monoisotopic (exact) mass is 292 g/mol. The summed E-state index contributed by atoms with van der Waals surface area (Å²) in [4.78, 5) is 7.37. The van der Waals surface area contributed by atoms with Crippen molar-refractivity contribution >= 4 is 23.0 Å². The Kier molecular flexibility index (Phi) is 4.94. The van der Waals surface area contributed by atoms with E-state index in [1.807, 2.05) is 19.9 Å². The number of aromatic nitrogens is 1. The molecular formula is C15H24N4S. The Morgan fingerprint density at radius 2 is 2.30 bits per heavy atom. The van der Waals surface area contributed by atoms with Gasteiger partial charge in [0.15, 0.2) is 0 Å². The Labute approximate surface area is 126 Å². The highest BCUT2D eigenvalue weighted by atomic mass is 32.1. The van der Waals surface area contributed by atoms with Crippen LogP contribution < -0.4 is 11.1 Å². The van der Waals surface area contributed by atoms with Gasteiger partial charge in [0.25, 0.3) is 0 Å². The third kappa shape index (κ3) is 3.67. The number of likely N-dealkylation sites (tertiary alicyclic amines) is 1. The van der Waals surface area contributed by atoms with Gasteiger partial charge < -0.3 is 16.0 Å². The van der Waals surface area contributed by atoms with Crippen molar-refractivity contribution in [2.75, 3.05) is 32.0 Å². The molecule has 0 aromatic carbocycles. The lowest BCUT2D eigenvalue weighted by atomic mass is 9.98. The van der Waals surface area contributed by atoms with E-state index in [-0.39, 0.29) is 0 Å². The smallest absolute Gasteiger partial charge is 0.136 e. The van der Waals surface area contributed by atoms with Crippen LogP contribution in [-0.4, -0.2) is 41.6 Å². The second-order valence-electron chi connectivity index (χ2n) is 5.82. The number of nitrogens with zero attached hydrogens (tertiary/aromatic N) is 2. The van der Waals surface area contributed by atoms with Crippen LogP contribution in [0.1, 0.15) is 29.7 Å². The molecule has 2 heterocycles. The van der Waals surface area contributed by atoms with Crippen molar-refractivity contribution in [1.29, 1.82) is 0 Å². The maximum absolute atomic E-state index is 5.84. The van der Waals surface area contributed by atoms with Crippen LogP contribution in [0.25, 0.3) is 0 Å². The van der Waals surface area contributed by atoms with Crippen molar-refractivity contribution in [2.24, 2.45) is 11.7 Å². The number of hydrogen-bond acceptors (Lipinski definition) is 4. The Hall–Kier alpha value is -1.20. The van der Waals surface area contributed by atoms with Gasteiger partial charge in [-0.1, -0.05) is 12.2 Å². The summed E-state index contributed by atoms with van der Waals surface area (Å²) in [5, 5.41) is 3.46. The summed E-state index contributed by atoms with van der Waals surface area (Å²) in [6.07, 6.45) is 2.54. The molecule has 0 amide bonds. The fraction of sp³-hybridized carbons (Fsp3) is 0.600. The number of aryl methyl sites for hydroxylation is 2. The molecule has 4 nitrogen and oxygen atoms in total. The van der Waals surface area contributed by atoms with Gasteiger partial charge in [-0.15, -0.1) is 0 Å². The summed E-state index contributed by atoms with van der Waals surface area (Å²) in [5.41, 5.74) is 8.81. The van der Waals surface area contributed by atoms with Crippen LogP contribution in [-0.2, 0) is 0 Å². The topological polar surface area (TPSA) is 54.2 Å². The molecular weight excluding hydrogens is 268 g/mol. The highest BCUT2D eigenvalue weighted by Gasteiger charge is 2.18. The maximum atomic E-state index is 5.84. The van der Waals surface area contributed by atoms with E-state index in [9.17, 15) is 0 Å². The van der Waals surface area contributed by atoms with E-state index in [1.54, 1.807) is 0 Å². The summed E-state index contributed by atoms with van der Waals surface area (Å²) in [6.45, 7) is 7.30. The Balaban J connectivity index is 2.10. The van der Waals surface area contributed by atoms with Gasteiger partial charge >= 0.3 is 0 Å². The molecule has 3 N–H and O–H groups in total. The van der Waals surface area contributed by atoms with E-state index < -0.39 is 0 Å². The first-order chi connectivity index (χ1) is 9.47. The Morgan fingerprint density at radius 3 is 2.95 bits per heavy atom. The predicted molar refractivity (Wildman–Crippen MR) is 88.3 cm³/mol.